The van der Waals surface area contributed by atoms with Gasteiger partial charge in [-0.2, -0.15) is 0 Å². The van der Waals surface area contributed by atoms with Crippen molar-refractivity contribution < 1.29 is 0 Å². The monoisotopic (exact) mass is 259 g/mol. The molecule has 0 fully saturated rings. The van der Waals surface area contributed by atoms with Gasteiger partial charge in [-0.25, -0.2) is 0 Å². The Labute approximate surface area is 116 Å². The Morgan fingerprint density at radius 3 is 3.11 bits per heavy atom. The van der Waals surface area contributed by atoms with E-state index in [-0.39, 0.29) is 0 Å². The number of fused-ring (bicyclic) bond motifs is 1. The zero-order valence-corrected chi connectivity index (χ0v) is 12.2. The number of nitrogens with one attached hydrogen (secondary N) is 1. The van der Waals surface area contributed by atoms with Gasteiger partial charge >= 0.3 is 0 Å². The summed E-state index contributed by atoms with van der Waals surface area (Å²) in [4.78, 5) is 7.17. The average molecular weight is 259 g/mol. The van der Waals surface area contributed by atoms with Crippen LogP contribution in [0.25, 0.3) is 0 Å². The van der Waals surface area contributed by atoms with E-state index in [1.807, 2.05) is 6.20 Å². The van der Waals surface area contributed by atoms with Crippen LogP contribution in [0, 0.1) is 6.92 Å². The number of hydrogen-bond donors (Lipinski definition) is 1. The van der Waals surface area contributed by atoms with Crippen LogP contribution in [-0.4, -0.2) is 29.0 Å². The van der Waals surface area contributed by atoms with E-state index in [1.54, 1.807) is 0 Å². The number of pyridine rings is 1. The van der Waals surface area contributed by atoms with Crippen molar-refractivity contribution in [2.45, 2.75) is 45.7 Å². The number of aryl methyl sites for hydroxylation is 1. The van der Waals surface area contributed by atoms with Gasteiger partial charge in [-0.05, 0) is 31.2 Å². The first-order valence-corrected chi connectivity index (χ1v) is 7.27. The fourth-order valence-electron chi connectivity index (χ4n) is 2.79. The van der Waals surface area contributed by atoms with Crippen LogP contribution in [0.5, 0.6) is 0 Å². The van der Waals surface area contributed by atoms with E-state index < -0.39 is 0 Å². The second-order valence-corrected chi connectivity index (χ2v) is 5.40. The molecular formula is C16H25N3. The van der Waals surface area contributed by atoms with Crippen LogP contribution in [-0.2, 0) is 13.0 Å². The maximum atomic E-state index is 4.64. The zero-order chi connectivity index (χ0) is 13.7. The number of hydrogen-bond acceptors (Lipinski definition) is 3. The van der Waals surface area contributed by atoms with Crippen molar-refractivity contribution >= 4 is 0 Å². The van der Waals surface area contributed by atoms with Gasteiger partial charge in [0.05, 0.1) is 0 Å². The molecule has 1 N–H and O–H groups in total. The minimum atomic E-state index is 0.516. The van der Waals surface area contributed by atoms with E-state index in [4.69, 9.17) is 0 Å². The fourth-order valence-corrected chi connectivity index (χ4v) is 2.79. The summed E-state index contributed by atoms with van der Waals surface area (Å²) in [6, 6.07) is 4.87. The summed E-state index contributed by atoms with van der Waals surface area (Å²) in [6.45, 7) is 11.3. The Morgan fingerprint density at radius 2 is 2.37 bits per heavy atom. The molecule has 0 radical (unpaired) electrons. The first kappa shape index (κ1) is 14.1. The molecule has 1 unspecified atom stereocenters. The minimum absolute atomic E-state index is 0.516. The van der Waals surface area contributed by atoms with Gasteiger partial charge in [0.25, 0.3) is 0 Å². The summed E-state index contributed by atoms with van der Waals surface area (Å²) >= 11 is 0. The number of nitrogens with zero attached hydrogens (tertiary/aromatic N) is 2. The molecule has 1 aromatic rings. The molecule has 3 heteroatoms. The van der Waals surface area contributed by atoms with E-state index in [0.717, 1.165) is 31.7 Å². The van der Waals surface area contributed by atoms with E-state index in [1.165, 1.54) is 24.1 Å². The quantitative estimate of drug-likeness (QED) is 0.851. The molecule has 2 heterocycles. The van der Waals surface area contributed by atoms with Gasteiger partial charge in [-0.15, -0.1) is 0 Å². The molecule has 0 amide bonds. The highest BCUT2D eigenvalue weighted by molar-refractivity contribution is 5.25. The van der Waals surface area contributed by atoms with Crippen LogP contribution in [0.2, 0.25) is 0 Å². The van der Waals surface area contributed by atoms with Crippen molar-refractivity contribution in [3.63, 3.8) is 0 Å². The van der Waals surface area contributed by atoms with E-state index in [2.05, 4.69) is 47.8 Å². The van der Waals surface area contributed by atoms with Crippen molar-refractivity contribution in [2.75, 3.05) is 13.1 Å². The fraction of sp³-hybridized carbons (Fsp3) is 0.562. The SMILES string of the molecule is C=CNC(CCC)CN1CCc2nc(C)ccc2C1. The molecule has 0 bridgehead atoms. The predicted octanol–water partition coefficient (Wildman–Crippen LogP) is 2.65. The Kier molecular flexibility index (Phi) is 4.97. The maximum absolute atomic E-state index is 4.64. The van der Waals surface area contributed by atoms with Gasteiger partial charge in [-0.3, -0.25) is 9.88 Å². The van der Waals surface area contributed by atoms with Gasteiger partial charge in [0.15, 0.2) is 0 Å². The van der Waals surface area contributed by atoms with Crippen molar-refractivity contribution in [2.24, 2.45) is 0 Å². The normalized spacial score (nSPS) is 16.7. The van der Waals surface area contributed by atoms with Crippen LogP contribution in [0.3, 0.4) is 0 Å². The van der Waals surface area contributed by atoms with Crippen molar-refractivity contribution in [3.05, 3.63) is 41.9 Å². The van der Waals surface area contributed by atoms with Crippen molar-refractivity contribution in [3.8, 4) is 0 Å². The molecule has 1 atom stereocenters. The highest BCUT2D eigenvalue weighted by Gasteiger charge is 2.19. The van der Waals surface area contributed by atoms with Gasteiger partial charge < -0.3 is 5.32 Å². The van der Waals surface area contributed by atoms with Crippen LogP contribution < -0.4 is 5.32 Å². The lowest BCUT2D eigenvalue weighted by Crippen LogP contribution is -2.41. The van der Waals surface area contributed by atoms with E-state index >= 15 is 0 Å². The second-order valence-electron chi connectivity index (χ2n) is 5.40. The lowest BCUT2D eigenvalue weighted by atomic mass is 10.0. The smallest absolute Gasteiger partial charge is 0.0464 e. The Bertz CT molecular complexity index is 428. The molecule has 104 valence electrons. The van der Waals surface area contributed by atoms with E-state index in [0.29, 0.717) is 6.04 Å². The van der Waals surface area contributed by atoms with Gasteiger partial charge in [0.1, 0.15) is 0 Å². The second kappa shape index (κ2) is 6.71. The summed E-state index contributed by atoms with van der Waals surface area (Å²) in [6.07, 6.45) is 5.30. The van der Waals surface area contributed by atoms with Gasteiger partial charge in [0, 0.05) is 43.5 Å². The lowest BCUT2D eigenvalue weighted by Gasteiger charge is -2.31. The highest BCUT2D eigenvalue weighted by atomic mass is 15.2. The predicted molar refractivity (Wildman–Crippen MR) is 80.0 cm³/mol. The third-order valence-electron chi connectivity index (χ3n) is 3.74. The molecule has 3 nitrogen and oxygen atoms in total. The molecule has 0 aliphatic carbocycles. The van der Waals surface area contributed by atoms with Crippen LogP contribution in [0.4, 0.5) is 0 Å². The molecule has 1 aliphatic rings. The standard InChI is InChI=1S/C16H25N3/c1-4-6-15(17-5-2)12-19-10-9-16-14(11-19)8-7-13(3)18-16/h5,7-8,15,17H,2,4,6,9-12H2,1,3H3. The van der Waals surface area contributed by atoms with Crippen LogP contribution in [0.15, 0.2) is 24.9 Å². The molecule has 2 rings (SSSR count). The Morgan fingerprint density at radius 1 is 1.53 bits per heavy atom. The maximum Gasteiger partial charge on any atom is 0.0464 e. The Hall–Kier alpha value is -1.35. The topological polar surface area (TPSA) is 28.2 Å². The third-order valence-corrected chi connectivity index (χ3v) is 3.74. The molecular weight excluding hydrogens is 234 g/mol. The molecule has 0 saturated carbocycles. The minimum Gasteiger partial charge on any atom is -0.387 e. The molecule has 1 aliphatic heterocycles. The third kappa shape index (κ3) is 3.80. The Balaban J connectivity index is 1.97. The molecule has 0 aromatic carbocycles. The largest absolute Gasteiger partial charge is 0.387 e. The summed E-state index contributed by atoms with van der Waals surface area (Å²) in [7, 11) is 0. The van der Waals surface area contributed by atoms with Gasteiger partial charge in [-0.1, -0.05) is 26.0 Å². The summed E-state index contributed by atoms with van der Waals surface area (Å²) in [5.41, 5.74) is 3.81. The molecule has 19 heavy (non-hydrogen) atoms. The summed E-state index contributed by atoms with van der Waals surface area (Å²) < 4.78 is 0. The molecule has 0 spiro atoms. The average Bonchev–Trinajstić information content (AvgIpc) is 2.39. The van der Waals surface area contributed by atoms with Crippen molar-refractivity contribution in [1.29, 1.82) is 0 Å². The zero-order valence-electron chi connectivity index (χ0n) is 12.2. The number of aromatic nitrogens is 1. The number of rotatable bonds is 6. The first-order chi connectivity index (χ1) is 9.22. The van der Waals surface area contributed by atoms with Crippen molar-refractivity contribution in [1.82, 2.24) is 15.2 Å². The highest BCUT2D eigenvalue weighted by Crippen LogP contribution is 2.18. The molecule has 0 saturated heterocycles. The summed E-state index contributed by atoms with van der Waals surface area (Å²) in [5, 5.41) is 3.37. The van der Waals surface area contributed by atoms with Gasteiger partial charge in [0.2, 0.25) is 0 Å². The lowest BCUT2D eigenvalue weighted by molar-refractivity contribution is 0.223. The molecule has 1 aromatic heterocycles. The van der Waals surface area contributed by atoms with Crippen LogP contribution in [0.1, 0.15) is 36.7 Å². The van der Waals surface area contributed by atoms with Crippen LogP contribution >= 0.6 is 0 Å². The first-order valence-electron chi connectivity index (χ1n) is 7.27. The van der Waals surface area contributed by atoms with E-state index in [9.17, 15) is 0 Å². The summed E-state index contributed by atoms with van der Waals surface area (Å²) in [5.74, 6) is 0.